The molecule has 5 nitrogen and oxygen atoms in total. The van der Waals surface area contributed by atoms with Gasteiger partial charge in [-0.25, -0.2) is 4.79 Å². The van der Waals surface area contributed by atoms with Crippen LogP contribution in [0.25, 0.3) is 0 Å². The van der Waals surface area contributed by atoms with Crippen molar-refractivity contribution in [3.63, 3.8) is 0 Å². The van der Waals surface area contributed by atoms with Gasteiger partial charge in [0.2, 0.25) is 5.78 Å². The third-order valence-electron chi connectivity index (χ3n) is 3.26. The lowest BCUT2D eigenvalue weighted by Crippen LogP contribution is -2.35. The number of ketones is 1. The first-order chi connectivity index (χ1) is 10.5. The molecule has 120 valence electrons. The smallest absolute Gasteiger partial charge is 0.341 e. The van der Waals surface area contributed by atoms with Crippen molar-refractivity contribution in [2.45, 2.75) is 13.5 Å². The molecule has 0 aromatic carbocycles. The van der Waals surface area contributed by atoms with Gasteiger partial charge in [-0.3, -0.25) is 9.69 Å². The molecule has 0 bridgehead atoms. The highest BCUT2D eigenvalue weighted by Gasteiger charge is 2.23. The van der Waals surface area contributed by atoms with Gasteiger partial charge >= 0.3 is 5.97 Å². The van der Waals surface area contributed by atoms with Crippen molar-refractivity contribution >= 4 is 34.7 Å². The number of rotatable bonds is 6. The second-order valence-corrected chi connectivity index (χ2v) is 6.56. The quantitative estimate of drug-likeness (QED) is 0.261. The lowest BCUT2D eigenvalue weighted by Gasteiger charge is -2.25. The van der Waals surface area contributed by atoms with E-state index in [0.717, 1.165) is 18.0 Å². The number of Topliss-reactive ketones (excluding diaryl/α,β-unsaturated/α-hetero) is 1. The van der Waals surface area contributed by atoms with Crippen LogP contribution < -0.4 is 0 Å². The number of thiophene rings is 1. The Hall–Kier alpha value is -1.21. The molecule has 1 saturated heterocycles. The van der Waals surface area contributed by atoms with E-state index in [-0.39, 0.29) is 12.2 Å². The van der Waals surface area contributed by atoms with Gasteiger partial charge in [-0.1, -0.05) is 18.2 Å². The molecule has 0 radical (unpaired) electrons. The molecular weight excluding hydrogens is 326 g/mol. The summed E-state index contributed by atoms with van der Waals surface area (Å²) in [5, 5.41) is 0. The van der Waals surface area contributed by atoms with E-state index in [1.165, 1.54) is 11.3 Å². The molecule has 0 aliphatic carbocycles. The van der Waals surface area contributed by atoms with Gasteiger partial charge < -0.3 is 9.47 Å². The fourth-order valence-electron chi connectivity index (χ4n) is 2.10. The maximum atomic E-state index is 12.3. The highest BCUT2D eigenvalue weighted by atomic mass is 35.5. The highest BCUT2D eigenvalue weighted by Crippen LogP contribution is 2.30. The third kappa shape index (κ3) is 4.16. The van der Waals surface area contributed by atoms with Crippen LogP contribution in [0.3, 0.4) is 0 Å². The lowest BCUT2D eigenvalue weighted by molar-refractivity contribution is -0.138. The van der Waals surface area contributed by atoms with E-state index < -0.39 is 11.8 Å². The number of hydrogen-bond acceptors (Lipinski definition) is 6. The zero-order chi connectivity index (χ0) is 16.1. The van der Waals surface area contributed by atoms with Crippen LogP contribution in [0.2, 0.25) is 4.34 Å². The van der Waals surface area contributed by atoms with Crippen molar-refractivity contribution in [3.05, 3.63) is 33.0 Å². The van der Waals surface area contributed by atoms with Gasteiger partial charge in [0, 0.05) is 24.5 Å². The molecule has 1 aliphatic heterocycles. The number of halogens is 1. The first kappa shape index (κ1) is 17.1. The molecule has 1 aliphatic rings. The fourth-order valence-corrected chi connectivity index (χ4v) is 3.46. The summed E-state index contributed by atoms with van der Waals surface area (Å²) >= 11 is 7.49. The van der Waals surface area contributed by atoms with Gasteiger partial charge in [0.05, 0.1) is 25.4 Å². The zero-order valence-corrected chi connectivity index (χ0v) is 14.0. The van der Waals surface area contributed by atoms with Gasteiger partial charge in [-0.15, -0.1) is 11.3 Å². The van der Waals surface area contributed by atoms with Crippen LogP contribution in [0.1, 0.15) is 22.2 Å². The minimum Gasteiger partial charge on any atom is -0.462 e. The number of carbonyl (C=O) groups excluding carboxylic acids is 2. The van der Waals surface area contributed by atoms with E-state index >= 15 is 0 Å². The monoisotopic (exact) mass is 343 g/mol. The molecular formula is C15H18ClNO4S. The van der Waals surface area contributed by atoms with E-state index in [1.807, 2.05) is 0 Å². The van der Waals surface area contributed by atoms with E-state index in [1.54, 1.807) is 13.0 Å². The number of nitrogens with zero attached hydrogens (tertiary/aromatic N) is 1. The average Bonchev–Trinajstić information content (AvgIpc) is 2.87. The molecule has 0 atom stereocenters. The molecule has 0 spiro atoms. The zero-order valence-electron chi connectivity index (χ0n) is 12.4. The summed E-state index contributed by atoms with van der Waals surface area (Å²) in [7, 11) is 0. The molecule has 22 heavy (non-hydrogen) atoms. The van der Waals surface area contributed by atoms with Gasteiger partial charge in [0.25, 0.3) is 0 Å². The van der Waals surface area contributed by atoms with Crippen LogP contribution >= 0.6 is 22.9 Å². The Bertz CT molecular complexity index is 578. The first-order valence-corrected chi connectivity index (χ1v) is 8.21. The van der Waals surface area contributed by atoms with E-state index in [2.05, 4.69) is 11.5 Å². The molecule has 0 N–H and O–H groups in total. The maximum Gasteiger partial charge on any atom is 0.341 e. The first-order valence-electron chi connectivity index (χ1n) is 7.02. The van der Waals surface area contributed by atoms with E-state index in [0.29, 0.717) is 29.7 Å². The summed E-state index contributed by atoms with van der Waals surface area (Å²) in [4.78, 5) is 27.1. The Kier molecular flexibility index (Phi) is 6.14. The van der Waals surface area contributed by atoms with Gasteiger partial charge in [-0.2, -0.15) is 0 Å². The lowest BCUT2D eigenvalue weighted by atomic mass is 10.1. The molecule has 0 unspecified atom stereocenters. The molecule has 7 heteroatoms. The number of carbonyl (C=O) groups is 2. The molecule has 0 amide bonds. The topological polar surface area (TPSA) is 55.8 Å². The Morgan fingerprint density at radius 3 is 2.77 bits per heavy atom. The standard InChI is InChI=1S/C15H18ClNO4S/c1-3-21-15(19)10(2)13(18)12-8-11(22-14(12)16)9-17-4-6-20-7-5-17/h8H,2-7,9H2,1H3. The fraction of sp³-hybridized carbons (Fsp3) is 0.467. The summed E-state index contributed by atoms with van der Waals surface area (Å²) in [5.41, 5.74) is 0.118. The van der Waals surface area contributed by atoms with Crippen LogP contribution in [0.15, 0.2) is 18.2 Å². The Labute approximate surface area is 138 Å². The second kappa shape index (κ2) is 7.87. The van der Waals surface area contributed by atoms with Crippen molar-refractivity contribution in [2.75, 3.05) is 32.9 Å². The minimum absolute atomic E-state index is 0.195. The number of esters is 1. The molecule has 0 saturated carbocycles. The summed E-state index contributed by atoms with van der Waals surface area (Å²) in [5.74, 6) is -1.18. The molecule has 1 fully saturated rings. The molecule has 1 aromatic heterocycles. The van der Waals surface area contributed by atoms with Gasteiger partial charge in [0.1, 0.15) is 9.91 Å². The predicted molar refractivity (Wildman–Crippen MR) is 85.5 cm³/mol. The van der Waals surface area contributed by atoms with Crippen molar-refractivity contribution in [1.29, 1.82) is 0 Å². The number of hydrogen-bond donors (Lipinski definition) is 0. The minimum atomic E-state index is -0.704. The van der Waals surface area contributed by atoms with Crippen LogP contribution in [0.4, 0.5) is 0 Å². The largest absolute Gasteiger partial charge is 0.462 e. The van der Waals surface area contributed by atoms with Crippen LogP contribution in [-0.4, -0.2) is 49.6 Å². The van der Waals surface area contributed by atoms with Crippen molar-refractivity contribution in [1.82, 2.24) is 4.90 Å². The van der Waals surface area contributed by atoms with Crippen molar-refractivity contribution in [2.24, 2.45) is 0 Å². The second-order valence-electron chi connectivity index (χ2n) is 4.82. The van der Waals surface area contributed by atoms with Crippen LogP contribution in [0.5, 0.6) is 0 Å². The summed E-state index contributed by atoms with van der Waals surface area (Å²) in [6, 6.07) is 1.73. The maximum absolute atomic E-state index is 12.3. The summed E-state index contributed by atoms with van der Waals surface area (Å²) < 4.78 is 10.5. The van der Waals surface area contributed by atoms with Crippen molar-refractivity contribution < 1.29 is 19.1 Å². The summed E-state index contributed by atoms with van der Waals surface area (Å²) in [6.45, 7) is 9.24. The molecule has 1 aromatic rings. The average molecular weight is 344 g/mol. The van der Waals surface area contributed by atoms with E-state index in [9.17, 15) is 9.59 Å². The van der Waals surface area contributed by atoms with Gasteiger partial charge in [0.15, 0.2) is 0 Å². The highest BCUT2D eigenvalue weighted by molar-refractivity contribution is 7.16. The van der Waals surface area contributed by atoms with Crippen LogP contribution in [-0.2, 0) is 20.8 Å². The number of ether oxygens (including phenoxy) is 2. The normalized spacial score (nSPS) is 15.5. The predicted octanol–water partition coefficient (Wildman–Crippen LogP) is 2.54. The SMILES string of the molecule is C=C(C(=O)OCC)C(=O)c1cc(CN2CCOCC2)sc1Cl. The third-order valence-corrected chi connectivity index (χ3v) is 4.60. The number of morpholine rings is 1. The summed E-state index contributed by atoms with van der Waals surface area (Å²) in [6.07, 6.45) is 0. The molecule has 2 heterocycles. The van der Waals surface area contributed by atoms with Crippen molar-refractivity contribution in [3.8, 4) is 0 Å². The van der Waals surface area contributed by atoms with E-state index in [4.69, 9.17) is 21.1 Å². The van der Waals surface area contributed by atoms with Gasteiger partial charge in [-0.05, 0) is 13.0 Å². The van der Waals surface area contributed by atoms with Crippen LogP contribution in [0, 0.1) is 0 Å². The Morgan fingerprint density at radius 1 is 1.45 bits per heavy atom. The Morgan fingerprint density at radius 2 is 2.14 bits per heavy atom. The molecule has 2 rings (SSSR count). The Balaban J connectivity index is 2.06.